The van der Waals surface area contributed by atoms with E-state index in [0.29, 0.717) is 42.0 Å². The van der Waals surface area contributed by atoms with Crippen LogP contribution < -0.4 is 9.47 Å². The quantitative estimate of drug-likeness (QED) is 0.665. The third-order valence-electron chi connectivity index (χ3n) is 6.60. The van der Waals surface area contributed by atoms with E-state index >= 15 is 0 Å². The average molecular weight is 431 g/mol. The molecule has 0 bridgehead atoms. The molecule has 0 spiro atoms. The summed E-state index contributed by atoms with van der Waals surface area (Å²) in [5, 5.41) is 0. The predicted octanol–water partition coefficient (Wildman–Crippen LogP) is 2.97. The van der Waals surface area contributed by atoms with Gasteiger partial charge in [-0.2, -0.15) is 0 Å². The summed E-state index contributed by atoms with van der Waals surface area (Å²) in [4.78, 5) is 29.6. The van der Waals surface area contributed by atoms with Crippen LogP contribution in [-0.4, -0.2) is 74.7 Å². The van der Waals surface area contributed by atoms with Gasteiger partial charge in [-0.25, -0.2) is 0 Å². The van der Waals surface area contributed by atoms with Crippen LogP contribution >= 0.6 is 0 Å². The Morgan fingerprint density at radius 2 is 1.77 bits per heavy atom. The van der Waals surface area contributed by atoms with Gasteiger partial charge in [0, 0.05) is 52.0 Å². The molecule has 2 saturated heterocycles. The van der Waals surface area contributed by atoms with Crippen molar-refractivity contribution >= 4 is 11.8 Å². The molecule has 2 amide bonds. The predicted molar refractivity (Wildman–Crippen MR) is 116 cm³/mol. The highest BCUT2D eigenvalue weighted by Crippen LogP contribution is 2.33. The van der Waals surface area contributed by atoms with Crippen LogP contribution in [0, 0.1) is 11.8 Å². The normalized spacial score (nSPS) is 22.3. The third kappa shape index (κ3) is 5.32. The van der Waals surface area contributed by atoms with Crippen LogP contribution in [0.2, 0.25) is 0 Å². The Kier molecular flexibility index (Phi) is 7.00. The Bertz CT molecular complexity index is 784. The van der Waals surface area contributed by atoms with E-state index in [2.05, 4.69) is 0 Å². The second-order valence-electron chi connectivity index (χ2n) is 8.99. The molecule has 1 aromatic rings. The van der Waals surface area contributed by atoms with Gasteiger partial charge in [0.2, 0.25) is 5.91 Å². The average Bonchev–Trinajstić information content (AvgIpc) is 3.65. The lowest BCUT2D eigenvalue weighted by atomic mass is 9.98. The minimum atomic E-state index is -0.0175. The van der Waals surface area contributed by atoms with Crippen LogP contribution in [0.25, 0.3) is 0 Å². The Morgan fingerprint density at radius 1 is 1.00 bits per heavy atom. The van der Waals surface area contributed by atoms with Gasteiger partial charge in [0.1, 0.15) is 17.6 Å². The van der Waals surface area contributed by atoms with Crippen molar-refractivity contribution in [2.45, 2.75) is 44.6 Å². The second-order valence-corrected chi connectivity index (χ2v) is 8.99. The summed E-state index contributed by atoms with van der Waals surface area (Å²) >= 11 is 0. The molecule has 7 heteroatoms. The Morgan fingerprint density at radius 3 is 2.45 bits per heavy atom. The number of hydrogen-bond donors (Lipinski definition) is 0. The molecule has 3 fully saturated rings. The number of likely N-dealkylation sites (tertiary alicyclic amines) is 2. The molecule has 2 aliphatic heterocycles. The van der Waals surface area contributed by atoms with Crippen molar-refractivity contribution in [2.24, 2.45) is 11.8 Å². The van der Waals surface area contributed by atoms with Crippen LogP contribution in [0.3, 0.4) is 0 Å². The van der Waals surface area contributed by atoms with Gasteiger partial charge >= 0.3 is 0 Å². The molecule has 1 atom stereocenters. The Labute approximate surface area is 184 Å². The number of carbonyl (C=O) groups is 2. The van der Waals surface area contributed by atoms with Gasteiger partial charge in [-0.3, -0.25) is 9.59 Å². The first-order valence-corrected chi connectivity index (χ1v) is 11.5. The number of hydrogen-bond acceptors (Lipinski definition) is 5. The molecule has 2 heterocycles. The third-order valence-corrected chi connectivity index (χ3v) is 6.60. The maximum Gasteiger partial charge on any atom is 0.257 e. The van der Waals surface area contributed by atoms with Crippen LogP contribution in [0.1, 0.15) is 48.9 Å². The fraction of sp³-hybridized carbons (Fsp3) is 0.667. The lowest BCUT2D eigenvalue weighted by Gasteiger charge is -2.34. The molecule has 4 rings (SSSR count). The lowest BCUT2D eigenvalue weighted by Crippen LogP contribution is -2.43. The van der Waals surface area contributed by atoms with Gasteiger partial charge in [0.15, 0.2) is 0 Å². The first-order valence-electron chi connectivity index (χ1n) is 11.5. The fourth-order valence-corrected chi connectivity index (χ4v) is 4.66. The van der Waals surface area contributed by atoms with E-state index in [1.807, 2.05) is 21.9 Å². The van der Waals surface area contributed by atoms with Gasteiger partial charge in [-0.15, -0.1) is 0 Å². The van der Waals surface area contributed by atoms with Gasteiger partial charge < -0.3 is 24.0 Å². The summed E-state index contributed by atoms with van der Waals surface area (Å²) in [6.45, 7) is 3.57. The maximum atomic E-state index is 13.4. The first-order chi connectivity index (χ1) is 15.1. The van der Waals surface area contributed by atoms with Crippen molar-refractivity contribution in [3.63, 3.8) is 0 Å². The Balaban J connectivity index is 1.43. The van der Waals surface area contributed by atoms with E-state index in [1.165, 1.54) is 0 Å². The molecule has 31 heavy (non-hydrogen) atoms. The number of nitrogens with zero attached hydrogens (tertiary/aromatic N) is 2. The summed E-state index contributed by atoms with van der Waals surface area (Å²) in [5.74, 6) is 2.16. The molecule has 0 N–H and O–H groups in total. The molecule has 7 nitrogen and oxygen atoms in total. The molecule has 0 aromatic heterocycles. The summed E-state index contributed by atoms with van der Waals surface area (Å²) in [7, 11) is 3.31. The number of amides is 2. The Hall–Kier alpha value is -2.28. The largest absolute Gasteiger partial charge is 0.497 e. The number of ether oxygens (including phenoxy) is 3. The van der Waals surface area contributed by atoms with Crippen molar-refractivity contribution in [3.8, 4) is 11.5 Å². The van der Waals surface area contributed by atoms with E-state index in [4.69, 9.17) is 14.2 Å². The van der Waals surface area contributed by atoms with Gasteiger partial charge in [-0.1, -0.05) is 0 Å². The first kappa shape index (κ1) is 21.9. The number of piperidine rings is 2. The summed E-state index contributed by atoms with van der Waals surface area (Å²) < 4.78 is 17.0. The van der Waals surface area contributed by atoms with E-state index in [9.17, 15) is 9.59 Å². The smallest absolute Gasteiger partial charge is 0.257 e. The zero-order chi connectivity index (χ0) is 21.8. The SMILES string of the molecule is COCC1CCCN(C(=O)c2cc(OC)ccc2OC2CCN(C(=O)C3CC3)CC2)C1. The fourth-order valence-electron chi connectivity index (χ4n) is 4.66. The summed E-state index contributed by atoms with van der Waals surface area (Å²) in [6, 6.07) is 5.45. The lowest BCUT2D eigenvalue weighted by molar-refractivity contribution is -0.134. The number of carbonyl (C=O) groups excluding carboxylic acids is 2. The van der Waals surface area contributed by atoms with Crippen LogP contribution in [0.4, 0.5) is 0 Å². The highest BCUT2D eigenvalue weighted by molar-refractivity contribution is 5.97. The summed E-state index contributed by atoms with van der Waals surface area (Å²) in [6.07, 6.45) is 5.72. The van der Waals surface area contributed by atoms with E-state index in [1.54, 1.807) is 20.3 Å². The van der Waals surface area contributed by atoms with Gasteiger partial charge in [0.25, 0.3) is 5.91 Å². The second kappa shape index (κ2) is 9.90. The maximum absolute atomic E-state index is 13.4. The molecular formula is C24H34N2O5. The van der Waals surface area contributed by atoms with E-state index < -0.39 is 0 Å². The minimum absolute atomic E-state index is 0.00536. The zero-order valence-electron chi connectivity index (χ0n) is 18.7. The zero-order valence-corrected chi connectivity index (χ0v) is 18.7. The van der Waals surface area contributed by atoms with Crippen molar-refractivity contribution in [1.82, 2.24) is 9.80 Å². The molecule has 0 radical (unpaired) electrons. The molecular weight excluding hydrogens is 396 g/mol. The molecule has 1 saturated carbocycles. The van der Waals surface area contributed by atoms with Crippen LogP contribution in [0.15, 0.2) is 18.2 Å². The molecule has 170 valence electrons. The highest BCUT2D eigenvalue weighted by atomic mass is 16.5. The molecule has 1 aromatic carbocycles. The molecule has 3 aliphatic rings. The van der Waals surface area contributed by atoms with Crippen molar-refractivity contribution in [3.05, 3.63) is 23.8 Å². The van der Waals surface area contributed by atoms with Crippen LogP contribution in [0.5, 0.6) is 11.5 Å². The monoisotopic (exact) mass is 430 g/mol. The number of methoxy groups -OCH3 is 2. The molecule has 1 unspecified atom stereocenters. The van der Waals surface area contributed by atoms with Gasteiger partial charge in [0.05, 0.1) is 19.3 Å². The van der Waals surface area contributed by atoms with E-state index in [0.717, 1.165) is 58.2 Å². The highest BCUT2D eigenvalue weighted by Gasteiger charge is 2.35. The number of rotatable bonds is 7. The van der Waals surface area contributed by atoms with Crippen molar-refractivity contribution < 1.29 is 23.8 Å². The standard InChI is InChI=1S/C24H34N2O5/c1-29-16-17-4-3-11-26(15-17)24(28)21-14-20(30-2)7-8-22(21)31-19-9-12-25(13-10-19)23(27)18-5-6-18/h7-8,14,17-19H,3-6,9-13,15-16H2,1-2H3. The summed E-state index contributed by atoms with van der Waals surface area (Å²) in [5.41, 5.74) is 0.550. The van der Waals surface area contributed by atoms with Gasteiger partial charge in [-0.05, 0) is 49.8 Å². The number of benzene rings is 1. The minimum Gasteiger partial charge on any atom is -0.497 e. The van der Waals surface area contributed by atoms with E-state index in [-0.39, 0.29) is 17.9 Å². The molecule has 1 aliphatic carbocycles. The van der Waals surface area contributed by atoms with Crippen molar-refractivity contribution in [1.29, 1.82) is 0 Å². The van der Waals surface area contributed by atoms with Crippen LogP contribution in [-0.2, 0) is 9.53 Å². The van der Waals surface area contributed by atoms with Crippen molar-refractivity contribution in [2.75, 3.05) is 47.0 Å². The topological polar surface area (TPSA) is 68.3 Å².